The van der Waals surface area contributed by atoms with Gasteiger partial charge in [-0.2, -0.15) is 0 Å². The van der Waals surface area contributed by atoms with E-state index in [0.29, 0.717) is 5.92 Å². The van der Waals surface area contributed by atoms with Gasteiger partial charge in [-0.15, -0.1) is 0 Å². The molecule has 2 heterocycles. The predicted molar refractivity (Wildman–Crippen MR) is 87.7 cm³/mol. The quantitative estimate of drug-likeness (QED) is 0.836. The Labute approximate surface area is 131 Å². The van der Waals surface area contributed by atoms with E-state index < -0.39 is 0 Å². The number of benzene rings is 1. The van der Waals surface area contributed by atoms with Crippen molar-refractivity contribution in [3.05, 3.63) is 29.8 Å². The molecule has 0 unspecified atom stereocenters. The first-order valence-electron chi connectivity index (χ1n) is 7.79. The third-order valence-corrected chi connectivity index (χ3v) is 4.30. The maximum atomic E-state index is 11.3. The molecule has 1 saturated heterocycles. The van der Waals surface area contributed by atoms with E-state index in [1.54, 1.807) is 0 Å². The van der Waals surface area contributed by atoms with Crippen LogP contribution < -0.4 is 10.1 Å². The molecule has 6 heteroatoms. The summed E-state index contributed by atoms with van der Waals surface area (Å²) in [4.78, 5) is 13.4. The number of ether oxygens (including phenoxy) is 1. The van der Waals surface area contributed by atoms with E-state index >= 15 is 0 Å². The highest BCUT2D eigenvalue weighted by Crippen LogP contribution is 2.29. The Morgan fingerprint density at radius 3 is 2.91 bits per heavy atom. The molecular formula is C16H21BN2O3. The summed E-state index contributed by atoms with van der Waals surface area (Å²) in [5.41, 5.74) is 1.80. The fraction of sp³-hybridized carbons (Fsp3) is 0.438. The van der Waals surface area contributed by atoms with Crippen LogP contribution in [0.3, 0.4) is 0 Å². The Hall–Kier alpha value is -1.79. The first-order chi connectivity index (χ1) is 10.6. The molecule has 0 atom stereocenters. The SMILES string of the molecule is CB(O)N1CCC(/C=C\c2ccc3c(c2)NC(=O)CO3)CC1. The zero-order valence-corrected chi connectivity index (χ0v) is 12.8. The number of carbonyl (C=O) groups is 1. The Morgan fingerprint density at radius 1 is 1.41 bits per heavy atom. The fourth-order valence-electron chi connectivity index (χ4n) is 2.94. The van der Waals surface area contributed by atoms with Crippen molar-refractivity contribution in [1.29, 1.82) is 0 Å². The molecule has 0 aromatic heterocycles. The maximum Gasteiger partial charge on any atom is 0.376 e. The molecule has 2 aliphatic heterocycles. The predicted octanol–water partition coefficient (Wildman–Crippen LogP) is 1.85. The van der Waals surface area contributed by atoms with E-state index in [1.165, 1.54) is 0 Å². The number of fused-ring (bicyclic) bond motifs is 1. The molecule has 2 aliphatic rings. The molecule has 0 radical (unpaired) electrons. The molecule has 0 saturated carbocycles. The Morgan fingerprint density at radius 2 is 2.18 bits per heavy atom. The molecule has 22 heavy (non-hydrogen) atoms. The molecule has 0 spiro atoms. The van der Waals surface area contributed by atoms with Gasteiger partial charge < -0.3 is 19.9 Å². The van der Waals surface area contributed by atoms with Gasteiger partial charge in [-0.25, -0.2) is 0 Å². The summed E-state index contributed by atoms with van der Waals surface area (Å²) in [5.74, 6) is 1.15. The van der Waals surface area contributed by atoms with Crippen LogP contribution >= 0.6 is 0 Å². The fourth-order valence-corrected chi connectivity index (χ4v) is 2.94. The monoisotopic (exact) mass is 300 g/mol. The lowest BCUT2D eigenvalue weighted by atomic mass is 9.81. The van der Waals surface area contributed by atoms with Crippen LogP contribution in [-0.2, 0) is 4.79 Å². The third kappa shape index (κ3) is 3.51. The Balaban J connectivity index is 1.62. The van der Waals surface area contributed by atoms with Crippen LogP contribution in [0.5, 0.6) is 5.75 Å². The molecule has 116 valence electrons. The smallest absolute Gasteiger partial charge is 0.376 e. The number of anilines is 1. The number of nitrogens with one attached hydrogen (secondary N) is 1. The second-order valence-electron chi connectivity index (χ2n) is 5.96. The molecule has 1 amide bonds. The highest BCUT2D eigenvalue weighted by Gasteiger charge is 2.22. The van der Waals surface area contributed by atoms with Gasteiger partial charge >= 0.3 is 7.05 Å². The summed E-state index contributed by atoms with van der Waals surface area (Å²) in [6, 6.07) is 5.83. The second-order valence-corrected chi connectivity index (χ2v) is 5.96. The van der Waals surface area contributed by atoms with Gasteiger partial charge in [0.05, 0.1) is 5.69 Å². The van der Waals surface area contributed by atoms with Crippen LogP contribution in [0, 0.1) is 5.92 Å². The molecule has 5 nitrogen and oxygen atoms in total. The lowest BCUT2D eigenvalue weighted by molar-refractivity contribution is -0.118. The largest absolute Gasteiger partial charge is 0.482 e. The average Bonchev–Trinajstić information content (AvgIpc) is 2.53. The Bertz CT molecular complexity index is 581. The standard InChI is InChI=1S/C16H21BN2O3/c1-17(21)19-8-6-12(7-9-19)2-3-13-4-5-15-14(10-13)18-16(20)11-22-15/h2-5,10,12,21H,6-9,11H2,1H3,(H,18,20)/b3-2-. The van der Waals surface area contributed by atoms with Crippen molar-refractivity contribution in [2.24, 2.45) is 5.92 Å². The second kappa shape index (κ2) is 6.54. The molecule has 1 aromatic carbocycles. The van der Waals surface area contributed by atoms with E-state index in [-0.39, 0.29) is 19.6 Å². The summed E-state index contributed by atoms with van der Waals surface area (Å²) in [7, 11) is -0.353. The molecular weight excluding hydrogens is 279 g/mol. The van der Waals surface area contributed by atoms with E-state index in [9.17, 15) is 9.82 Å². The van der Waals surface area contributed by atoms with Gasteiger partial charge in [0.25, 0.3) is 5.91 Å². The van der Waals surface area contributed by atoms with Gasteiger partial charge in [-0.05, 0) is 56.4 Å². The average molecular weight is 300 g/mol. The minimum atomic E-state index is -0.353. The van der Waals surface area contributed by atoms with Crippen molar-refractivity contribution >= 4 is 24.7 Å². The molecule has 1 aromatic rings. The van der Waals surface area contributed by atoms with Crippen molar-refractivity contribution in [3.63, 3.8) is 0 Å². The number of allylic oxidation sites excluding steroid dienone is 1. The van der Waals surface area contributed by atoms with Gasteiger partial charge in [-0.1, -0.05) is 18.2 Å². The van der Waals surface area contributed by atoms with Crippen molar-refractivity contribution in [2.45, 2.75) is 19.7 Å². The molecule has 2 N–H and O–H groups in total. The van der Waals surface area contributed by atoms with Crippen LogP contribution in [0.25, 0.3) is 6.08 Å². The molecule has 0 bridgehead atoms. The van der Waals surface area contributed by atoms with Crippen molar-refractivity contribution in [1.82, 2.24) is 4.81 Å². The lowest BCUT2D eigenvalue weighted by Gasteiger charge is -2.31. The number of rotatable bonds is 3. The van der Waals surface area contributed by atoms with Crippen molar-refractivity contribution in [2.75, 3.05) is 25.0 Å². The normalized spacial score (nSPS) is 19.6. The van der Waals surface area contributed by atoms with Crippen LogP contribution in [0.1, 0.15) is 18.4 Å². The van der Waals surface area contributed by atoms with Crippen LogP contribution in [0.4, 0.5) is 5.69 Å². The first kappa shape index (κ1) is 15.1. The molecule has 1 fully saturated rings. The number of amides is 1. The van der Waals surface area contributed by atoms with E-state index in [1.807, 2.05) is 25.0 Å². The van der Waals surface area contributed by atoms with Crippen LogP contribution in [0.2, 0.25) is 6.82 Å². The number of hydrogen-bond acceptors (Lipinski definition) is 4. The van der Waals surface area contributed by atoms with Crippen LogP contribution in [0.15, 0.2) is 24.3 Å². The number of carbonyl (C=O) groups excluding carboxylic acids is 1. The van der Waals surface area contributed by atoms with Gasteiger partial charge in [0.15, 0.2) is 6.61 Å². The Kier molecular flexibility index (Phi) is 4.50. The lowest BCUT2D eigenvalue weighted by Crippen LogP contribution is -2.42. The zero-order chi connectivity index (χ0) is 15.5. The van der Waals surface area contributed by atoms with E-state index in [4.69, 9.17) is 4.74 Å². The zero-order valence-electron chi connectivity index (χ0n) is 12.8. The summed E-state index contributed by atoms with van der Waals surface area (Å²) in [6.45, 7) is 3.77. The summed E-state index contributed by atoms with van der Waals surface area (Å²) < 4.78 is 5.35. The van der Waals surface area contributed by atoms with Gasteiger partial charge in [0.1, 0.15) is 5.75 Å². The number of hydrogen-bond donors (Lipinski definition) is 2. The topological polar surface area (TPSA) is 61.8 Å². The van der Waals surface area contributed by atoms with E-state index in [2.05, 4.69) is 22.3 Å². The summed E-state index contributed by atoms with van der Waals surface area (Å²) in [6.07, 6.45) is 6.45. The van der Waals surface area contributed by atoms with Gasteiger partial charge in [0, 0.05) is 0 Å². The molecule has 3 rings (SSSR count). The highest BCUT2D eigenvalue weighted by atomic mass is 16.5. The van der Waals surface area contributed by atoms with E-state index in [0.717, 1.165) is 42.9 Å². The summed E-state index contributed by atoms with van der Waals surface area (Å²) >= 11 is 0. The number of nitrogens with zero attached hydrogens (tertiary/aromatic N) is 1. The minimum Gasteiger partial charge on any atom is -0.482 e. The highest BCUT2D eigenvalue weighted by molar-refractivity contribution is 6.45. The van der Waals surface area contributed by atoms with Crippen LogP contribution in [-0.4, -0.2) is 42.5 Å². The first-order valence-corrected chi connectivity index (χ1v) is 7.79. The maximum absolute atomic E-state index is 11.3. The molecule has 0 aliphatic carbocycles. The van der Waals surface area contributed by atoms with Gasteiger partial charge in [-0.3, -0.25) is 4.79 Å². The summed E-state index contributed by atoms with van der Waals surface area (Å²) in [5, 5.41) is 12.4. The number of piperidine rings is 1. The minimum absolute atomic E-state index is 0.0873. The third-order valence-electron chi connectivity index (χ3n) is 4.30. The van der Waals surface area contributed by atoms with Crippen molar-refractivity contribution < 1.29 is 14.6 Å². The van der Waals surface area contributed by atoms with Crippen molar-refractivity contribution in [3.8, 4) is 5.75 Å². The van der Waals surface area contributed by atoms with Gasteiger partial charge in [0.2, 0.25) is 0 Å².